The van der Waals surface area contributed by atoms with Gasteiger partial charge in [-0.25, -0.2) is 14.8 Å². The lowest BCUT2D eigenvalue weighted by Crippen LogP contribution is -2.18. The van der Waals surface area contributed by atoms with Gasteiger partial charge < -0.3 is 9.72 Å². The topological polar surface area (TPSA) is 84.9 Å². The van der Waals surface area contributed by atoms with Crippen LogP contribution in [0, 0.1) is 5.92 Å². The fourth-order valence-corrected chi connectivity index (χ4v) is 5.47. The van der Waals surface area contributed by atoms with Crippen LogP contribution in [0.3, 0.4) is 0 Å². The number of thioether (sulfide) groups is 1. The molecule has 0 radical (unpaired) electrons. The minimum Gasteiger partial charge on any atom is -0.451 e. The standard InChI is InChI=1S/C20H21N3O3S2/c1-10-6-7-12-14(9-10)28-19-15(12)17(24)22-16(23-19)11(2)26-20(25)13-5-4-8-21-18(13)27-3/h4-5,8,10-11H,6-7,9H2,1-3H3,(H,22,23,24)/t10-,11-/m1/s1. The van der Waals surface area contributed by atoms with Crippen LogP contribution in [0.15, 0.2) is 28.2 Å². The number of nitrogens with one attached hydrogen (secondary N) is 1. The van der Waals surface area contributed by atoms with Crippen LogP contribution >= 0.6 is 23.1 Å². The van der Waals surface area contributed by atoms with E-state index in [0.29, 0.717) is 27.7 Å². The molecule has 0 unspecified atom stereocenters. The quantitative estimate of drug-likeness (QED) is 0.509. The molecule has 1 aliphatic rings. The van der Waals surface area contributed by atoms with Crippen LogP contribution in [0.2, 0.25) is 0 Å². The van der Waals surface area contributed by atoms with Crippen LogP contribution in [-0.4, -0.2) is 27.2 Å². The van der Waals surface area contributed by atoms with Crippen LogP contribution in [0.25, 0.3) is 10.2 Å². The summed E-state index contributed by atoms with van der Waals surface area (Å²) < 4.78 is 5.57. The summed E-state index contributed by atoms with van der Waals surface area (Å²) in [6.07, 6.45) is 5.83. The summed E-state index contributed by atoms with van der Waals surface area (Å²) in [4.78, 5) is 38.9. The van der Waals surface area contributed by atoms with Crippen molar-refractivity contribution in [1.29, 1.82) is 0 Å². The third kappa shape index (κ3) is 3.46. The van der Waals surface area contributed by atoms with Crippen molar-refractivity contribution in [2.24, 2.45) is 5.92 Å². The second-order valence-electron chi connectivity index (χ2n) is 7.09. The summed E-state index contributed by atoms with van der Waals surface area (Å²) >= 11 is 2.97. The predicted molar refractivity (Wildman–Crippen MR) is 111 cm³/mol. The Bertz CT molecular complexity index is 1110. The van der Waals surface area contributed by atoms with Crippen molar-refractivity contribution in [2.75, 3.05) is 6.26 Å². The van der Waals surface area contributed by atoms with Gasteiger partial charge in [0.2, 0.25) is 0 Å². The first-order chi connectivity index (χ1) is 13.5. The van der Waals surface area contributed by atoms with Gasteiger partial charge in [0.25, 0.3) is 5.56 Å². The van der Waals surface area contributed by atoms with E-state index in [4.69, 9.17) is 4.74 Å². The molecule has 0 amide bonds. The summed E-state index contributed by atoms with van der Waals surface area (Å²) in [7, 11) is 0. The summed E-state index contributed by atoms with van der Waals surface area (Å²) in [6.45, 7) is 3.95. The van der Waals surface area contributed by atoms with Gasteiger partial charge in [0.15, 0.2) is 11.9 Å². The van der Waals surface area contributed by atoms with Gasteiger partial charge in [-0.05, 0) is 56.1 Å². The van der Waals surface area contributed by atoms with Crippen LogP contribution < -0.4 is 5.56 Å². The first-order valence-corrected chi connectivity index (χ1v) is 11.3. The van der Waals surface area contributed by atoms with Gasteiger partial charge in [-0.15, -0.1) is 23.1 Å². The predicted octanol–water partition coefficient (Wildman–Crippen LogP) is 4.14. The van der Waals surface area contributed by atoms with Gasteiger partial charge in [-0.1, -0.05) is 6.92 Å². The van der Waals surface area contributed by atoms with E-state index in [1.54, 1.807) is 36.6 Å². The molecule has 8 heteroatoms. The molecule has 3 aromatic heterocycles. The lowest BCUT2D eigenvalue weighted by Gasteiger charge is -2.17. The minimum absolute atomic E-state index is 0.152. The van der Waals surface area contributed by atoms with Gasteiger partial charge in [0.1, 0.15) is 9.86 Å². The molecular weight excluding hydrogens is 394 g/mol. The number of rotatable bonds is 4. The molecule has 146 valence electrons. The fourth-order valence-electron chi connectivity index (χ4n) is 3.55. The fraction of sp³-hybridized carbons (Fsp3) is 0.400. The van der Waals surface area contributed by atoms with Crippen molar-refractivity contribution in [1.82, 2.24) is 15.0 Å². The second-order valence-corrected chi connectivity index (χ2v) is 8.97. The smallest absolute Gasteiger partial charge is 0.341 e. The summed E-state index contributed by atoms with van der Waals surface area (Å²) in [5.41, 5.74) is 1.40. The number of ether oxygens (including phenoxy) is 1. The molecule has 0 spiro atoms. The Morgan fingerprint density at radius 1 is 1.46 bits per heavy atom. The Hall–Kier alpha value is -2.19. The van der Waals surface area contributed by atoms with E-state index in [1.165, 1.54) is 16.6 Å². The highest BCUT2D eigenvalue weighted by molar-refractivity contribution is 7.98. The number of aryl methyl sites for hydroxylation is 1. The zero-order chi connectivity index (χ0) is 19.8. The number of pyridine rings is 1. The maximum absolute atomic E-state index is 12.7. The molecule has 28 heavy (non-hydrogen) atoms. The Balaban J connectivity index is 1.64. The lowest BCUT2D eigenvalue weighted by molar-refractivity contribution is 0.0315. The zero-order valence-corrected chi connectivity index (χ0v) is 17.6. The van der Waals surface area contributed by atoms with Gasteiger partial charge >= 0.3 is 5.97 Å². The van der Waals surface area contributed by atoms with Crippen molar-refractivity contribution in [3.63, 3.8) is 0 Å². The Kier molecular flexibility index (Phi) is 5.25. The number of aromatic nitrogens is 3. The maximum atomic E-state index is 12.7. The number of hydrogen-bond acceptors (Lipinski definition) is 7. The largest absolute Gasteiger partial charge is 0.451 e. The van der Waals surface area contributed by atoms with Crippen LogP contribution in [0.4, 0.5) is 0 Å². The molecule has 1 aliphatic carbocycles. The van der Waals surface area contributed by atoms with E-state index in [9.17, 15) is 9.59 Å². The van der Waals surface area contributed by atoms with E-state index >= 15 is 0 Å². The first-order valence-electron chi connectivity index (χ1n) is 9.22. The van der Waals surface area contributed by atoms with Crippen molar-refractivity contribution in [3.05, 3.63) is 50.5 Å². The van der Waals surface area contributed by atoms with Gasteiger partial charge in [0, 0.05) is 11.1 Å². The summed E-state index contributed by atoms with van der Waals surface area (Å²) in [5, 5.41) is 1.31. The molecule has 4 rings (SSSR count). The monoisotopic (exact) mass is 415 g/mol. The van der Waals surface area contributed by atoms with E-state index in [-0.39, 0.29) is 5.56 Å². The highest BCUT2D eigenvalue weighted by Gasteiger charge is 2.25. The summed E-state index contributed by atoms with van der Waals surface area (Å²) in [5.74, 6) is 0.517. The SMILES string of the molecule is CSc1ncccc1C(=O)O[C@H](C)c1nc2sc3c(c2c(=O)[nH]1)CC[C@@H](C)C3. The average molecular weight is 416 g/mol. The van der Waals surface area contributed by atoms with Gasteiger partial charge in [0.05, 0.1) is 10.9 Å². The zero-order valence-electron chi connectivity index (χ0n) is 15.9. The number of fused-ring (bicyclic) bond motifs is 3. The number of esters is 1. The molecule has 0 aliphatic heterocycles. The third-order valence-electron chi connectivity index (χ3n) is 5.04. The van der Waals surface area contributed by atoms with Crippen molar-refractivity contribution in [3.8, 4) is 0 Å². The number of nitrogens with zero attached hydrogens (tertiary/aromatic N) is 2. The third-order valence-corrected chi connectivity index (χ3v) is 6.90. The van der Waals surface area contributed by atoms with Crippen LogP contribution in [0.1, 0.15) is 53.0 Å². The Morgan fingerprint density at radius 3 is 3.07 bits per heavy atom. The molecule has 3 heterocycles. The molecule has 2 atom stereocenters. The molecule has 3 aromatic rings. The van der Waals surface area contributed by atoms with E-state index in [0.717, 1.165) is 29.7 Å². The number of H-pyrrole nitrogens is 1. The molecule has 0 fully saturated rings. The number of hydrogen-bond donors (Lipinski definition) is 1. The minimum atomic E-state index is -0.669. The average Bonchev–Trinajstić information content (AvgIpc) is 3.05. The van der Waals surface area contributed by atoms with Crippen molar-refractivity contribution < 1.29 is 9.53 Å². The maximum Gasteiger partial charge on any atom is 0.341 e. The van der Waals surface area contributed by atoms with Crippen molar-refractivity contribution >= 4 is 39.3 Å². The van der Waals surface area contributed by atoms with Crippen LogP contribution in [0.5, 0.6) is 0 Å². The Labute approximate surface area is 170 Å². The highest BCUT2D eigenvalue weighted by atomic mass is 32.2. The van der Waals surface area contributed by atoms with E-state index in [2.05, 4.69) is 21.9 Å². The molecule has 6 nitrogen and oxygen atoms in total. The Morgan fingerprint density at radius 2 is 2.29 bits per heavy atom. The summed E-state index contributed by atoms with van der Waals surface area (Å²) in [6, 6.07) is 3.38. The number of carbonyl (C=O) groups is 1. The van der Waals surface area contributed by atoms with Crippen LogP contribution in [-0.2, 0) is 17.6 Å². The first kappa shape index (κ1) is 19.1. The van der Waals surface area contributed by atoms with Gasteiger partial charge in [-0.2, -0.15) is 0 Å². The lowest BCUT2D eigenvalue weighted by atomic mass is 9.89. The van der Waals surface area contributed by atoms with Crippen molar-refractivity contribution in [2.45, 2.75) is 44.2 Å². The van der Waals surface area contributed by atoms with Gasteiger partial charge in [-0.3, -0.25) is 4.79 Å². The molecular formula is C20H21N3O3S2. The molecule has 0 aromatic carbocycles. The molecule has 0 bridgehead atoms. The van der Waals surface area contributed by atoms with E-state index < -0.39 is 12.1 Å². The molecule has 1 N–H and O–H groups in total. The highest BCUT2D eigenvalue weighted by Crippen LogP contribution is 2.36. The number of carbonyl (C=O) groups excluding carboxylic acids is 1. The second kappa shape index (κ2) is 7.67. The number of thiophene rings is 1. The van der Waals surface area contributed by atoms with E-state index in [1.807, 2.05) is 6.26 Å². The molecule has 0 saturated heterocycles. The molecule has 0 saturated carbocycles. The number of aromatic amines is 1. The normalized spacial score (nSPS) is 17.3.